The van der Waals surface area contributed by atoms with Gasteiger partial charge in [0, 0.05) is 25.8 Å². The number of halogens is 3. The summed E-state index contributed by atoms with van der Waals surface area (Å²) in [6, 6.07) is 1.56. The zero-order valence-corrected chi connectivity index (χ0v) is 13.2. The Morgan fingerprint density at radius 1 is 1.46 bits per heavy atom. The van der Waals surface area contributed by atoms with E-state index in [-0.39, 0.29) is 11.7 Å². The molecule has 1 fully saturated rings. The fourth-order valence-electron chi connectivity index (χ4n) is 2.77. The molecule has 1 aliphatic heterocycles. The molecule has 0 bridgehead atoms. The second kappa shape index (κ2) is 6.44. The Labute approximate surface area is 136 Å². The minimum absolute atomic E-state index is 0.0670. The Bertz CT molecular complexity index is 671. The van der Waals surface area contributed by atoms with Crippen molar-refractivity contribution >= 4 is 5.69 Å². The van der Waals surface area contributed by atoms with E-state index in [9.17, 15) is 13.2 Å². The normalized spacial score (nSPS) is 20.4. The zero-order valence-electron chi connectivity index (χ0n) is 13.2. The second-order valence-electron chi connectivity index (χ2n) is 5.56. The van der Waals surface area contributed by atoms with Gasteiger partial charge in [0.05, 0.1) is 31.3 Å². The lowest BCUT2D eigenvalue weighted by Gasteiger charge is -2.35. The van der Waals surface area contributed by atoms with Gasteiger partial charge in [0.1, 0.15) is 11.5 Å². The molecule has 2 aromatic rings. The maximum Gasteiger partial charge on any atom is 0.420 e. The summed E-state index contributed by atoms with van der Waals surface area (Å²) in [5.41, 5.74) is 0.206. The van der Waals surface area contributed by atoms with Crippen LogP contribution < -0.4 is 4.90 Å². The van der Waals surface area contributed by atoms with E-state index in [0.29, 0.717) is 31.3 Å². The summed E-state index contributed by atoms with van der Waals surface area (Å²) >= 11 is 0. The smallest absolute Gasteiger partial charge is 0.377 e. The Morgan fingerprint density at radius 3 is 2.83 bits per heavy atom. The molecule has 2 atom stereocenters. The molecule has 0 saturated carbocycles. The van der Waals surface area contributed by atoms with Gasteiger partial charge < -0.3 is 14.4 Å². The monoisotopic (exact) mass is 345 g/mol. The minimum Gasteiger partial charge on any atom is -0.377 e. The first kappa shape index (κ1) is 16.8. The highest BCUT2D eigenvalue weighted by molar-refractivity contribution is 5.53. The highest BCUT2D eigenvalue weighted by Crippen LogP contribution is 2.40. The number of morpholine rings is 1. The second-order valence-corrected chi connectivity index (χ2v) is 5.56. The van der Waals surface area contributed by atoms with Crippen molar-refractivity contribution in [2.75, 3.05) is 31.8 Å². The molecule has 3 rings (SSSR count). The molecule has 0 aliphatic carbocycles. The van der Waals surface area contributed by atoms with Gasteiger partial charge in [0.2, 0.25) is 0 Å². The number of nitrogens with zero attached hydrogens (tertiary/aromatic N) is 4. The molecule has 0 aromatic carbocycles. The molecule has 132 valence electrons. The van der Waals surface area contributed by atoms with Crippen LogP contribution in [0.3, 0.4) is 0 Å². The number of hydrogen-bond acceptors (Lipinski definition) is 5. The number of methoxy groups -OCH3 is 1. The van der Waals surface area contributed by atoms with E-state index in [2.05, 4.69) is 15.3 Å². The third kappa shape index (κ3) is 3.11. The number of alkyl halides is 3. The van der Waals surface area contributed by atoms with Crippen LogP contribution in [0.1, 0.15) is 18.7 Å². The van der Waals surface area contributed by atoms with E-state index in [1.54, 1.807) is 12.3 Å². The summed E-state index contributed by atoms with van der Waals surface area (Å²) in [5.74, 6) is 0.473. The predicted octanol–water partition coefficient (Wildman–Crippen LogP) is 2.07. The number of rotatable bonds is 4. The van der Waals surface area contributed by atoms with E-state index >= 15 is 0 Å². The van der Waals surface area contributed by atoms with Crippen molar-refractivity contribution in [2.45, 2.75) is 25.2 Å². The number of H-pyrrole nitrogens is 1. The molecule has 0 radical (unpaired) electrons. The molecule has 0 amide bonds. The van der Waals surface area contributed by atoms with Crippen molar-refractivity contribution in [3.05, 3.63) is 24.2 Å². The van der Waals surface area contributed by atoms with Crippen molar-refractivity contribution in [2.24, 2.45) is 0 Å². The van der Waals surface area contributed by atoms with E-state index in [1.165, 1.54) is 10.9 Å². The van der Waals surface area contributed by atoms with Crippen molar-refractivity contribution < 1.29 is 22.6 Å². The molecule has 3 heterocycles. The molecule has 0 spiro atoms. The van der Waals surface area contributed by atoms with Crippen LogP contribution in [0.2, 0.25) is 0 Å². The van der Waals surface area contributed by atoms with Crippen molar-refractivity contribution in [1.82, 2.24) is 20.0 Å². The zero-order chi connectivity index (χ0) is 17.3. The first-order valence-corrected chi connectivity index (χ1v) is 7.45. The third-order valence-corrected chi connectivity index (χ3v) is 3.91. The van der Waals surface area contributed by atoms with Gasteiger partial charge in [0.15, 0.2) is 6.10 Å². The largest absolute Gasteiger partial charge is 0.420 e. The van der Waals surface area contributed by atoms with Gasteiger partial charge in [-0.05, 0) is 6.92 Å². The Balaban J connectivity index is 2.07. The lowest BCUT2D eigenvalue weighted by molar-refractivity contribution is -0.217. The third-order valence-electron chi connectivity index (χ3n) is 3.91. The number of aromatic amines is 1. The molecule has 0 unspecified atom stereocenters. The fourth-order valence-corrected chi connectivity index (χ4v) is 2.77. The Morgan fingerprint density at radius 2 is 2.25 bits per heavy atom. The molecular weight excluding hydrogens is 327 g/mol. The number of anilines is 1. The lowest BCUT2D eigenvalue weighted by Crippen LogP contribution is -2.44. The lowest BCUT2D eigenvalue weighted by atomic mass is 10.1. The highest BCUT2D eigenvalue weighted by atomic mass is 19.4. The first-order chi connectivity index (χ1) is 11.4. The van der Waals surface area contributed by atoms with Crippen LogP contribution in [-0.2, 0) is 9.47 Å². The average molecular weight is 345 g/mol. The topological polar surface area (TPSA) is 68.2 Å². The summed E-state index contributed by atoms with van der Waals surface area (Å²) in [4.78, 5) is 1.86. The van der Waals surface area contributed by atoms with Crippen molar-refractivity contribution in [3.8, 4) is 5.82 Å². The van der Waals surface area contributed by atoms with E-state index < -0.39 is 12.3 Å². The highest BCUT2D eigenvalue weighted by Gasteiger charge is 2.45. The standard InChI is InChI=1S/C14H18F3N5O2/c1-9-8-24-6-5-21(9)10-7-22(11-3-4-18-19-11)20-12(10)13(23-2)14(15,16)17/h3-4,7,9,13H,5-6,8H2,1-2H3,(H,18,19)/t9-,13+/m1/s1. The van der Waals surface area contributed by atoms with E-state index in [0.717, 1.165) is 7.11 Å². The van der Waals surface area contributed by atoms with Crippen LogP contribution in [0, 0.1) is 0 Å². The maximum atomic E-state index is 13.4. The quantitative estimate of drug-likeness (QED) is 0.919. The number of aromatic nitrogens is 4. The van der Waals surface area contributed by atoms with Crippen LogP contribution in [0.25, 0.3) is 5.82 Å². The van der Waals surface area contributed by atoms with Crippen molar-refractivity contribution in [3.63, 3.8) is 0 Å². The molecule has 1 aliphatic rings. The number of nitrogens with one attached hydrogen (secondary N) is 1. The molecule has 2 aromatic heterocycles. The molecule has 10 heteroatoms. The molecular formula is C14H18F3N5O2. The number of ether oxygens (including phenoxy) is 2. The summed E-state index contributed by atoms with van der Waals surface area (Å²) in [5, 5.41) is 10.6. The van der Waals surface area contributed by atoms with Crippen molar-refractivity contribution in [1.29, 1.82) is 0 Å². The molecule has 1 N–H and O–H groups in total. The van der Waals surface area contributed by atoms with Crippen LogP contribution in [0.15, 0.2) is 18.5 Å². The summed E-state index contributed by atoms with van der Waals surface area (Å²) in [7, 11) is 1.03. The predicted molar refractivity (Wildman–Crippen MR) is 79.1 cm³/mol. The van der Waals surface area contributed by atoms with Gasteiger partial charge in [-0.3, -0.25) is 5.10 Å². The van der Waals surface area contributed by atoms with Crippen LogP contribution in [-0.4, -0.2) is 59.1 Å². The van der Waals surface area contributed by atoms with E-state index in [4.69, 9.17) is 9.47 Å². The molecule has 1 saturated heterocycles. The van der Waals surface area contributed by atoms with Crippen LogP contribution in [0.4, 0.5) is 18.9 Å². The van der Waals surface area contributed by atoms with Gasteiger partial charge in [-0.15, -0.1) is 0 Å². The van der Waals surface area contributed by atoms with Gasteiger partial charge in [-0.2, -0.15) is 23.4 Å². The first-order valence-electron chi connectivity index (χ1n) is 7.45. The Kier molecular flexibility index (Phi) is 4.50. The van der Waals surface area contributed by atoms with Gasteiger partial charge >= 0.3 is 6.18 Å². The van der Waals surface area contributed by atoms with Gasteiger partial charge in [0.25, 0.3) is 0 Å². The minimum atomic E-state index is -4.56. The Hall–Kier alpha value is -2.07. The SMILES string of the molecule is CO[C@@H](c1nn(-c2ccn[nH]2)cc1N1CCOC[C@H]1C)C(F)(F)F. The number of hydrogen-bond donors (Lipinski definition) is 1. The maximum absolute atomic E-state index is 13.4. The van der Waals surface area contributed by atoms with Gasteiger partial charge in [-0.1, -0.05) is 0 Å². The molecule has 24 heavy (non-hydrogen) atoms. The van der Waals surface area contributed by atoms with Crippen LogP contribution >= 0.6 is 0 Å². The van der Waals surface area contributed by atoms with Gasteiger partial charge in [-0.25, -0.2) is 4.68 Å². The van der Waals surface area contributed by atoms with E-state index in [1.807, 2.05) is 11.8 Å². The molecule has 7 nitrogen and oxygen atoms in total. The summed E-state index contributed by atoms with van der Waals surface area (Å²) < 4.78 is 51.5. The summed E-state index contributed by atoms with van der Waals surface area (Å²) in [6.45, 7) is 3.27. The summed E-state index contributed by atoms with van der Waals surface area (Å²) in [6.07, 6.45) is -3.60. The fraction of sp³-hybridized carbons (Fsp3) is 0.571. The van der Waals surface area contributed by atoms with Crippen LogP contribution in [0.5, 0.6) is 0 Å². The average Bonchev–Trinajstić information content (AvgIpc) is 3.16.